The van der Waals surface area contributed by atoms with Crippen LogP contribution in [0.15, 0.2) is 30.4 Å². The van der Waals surface area contributed by atoms with Gasteiger partial charge in [-0.25, -0.2) is 0 Å². The molecule has 0 aliphatic carbocycles. The fraction of sp³-hybridized carbons (Fsp3) is 0.308. The molecule has 15 heavy (non-hydrogen) atoms. The molecule has 0 unspecified atom stereocenters. The number of allylic oxidation sites excluding steroid dienone is 1. The molecular formula is C13H16BN. The minimum Gasteiger partial charge on any atom is -0.300 e. The van der Waals surface area contributed by atoms with Gasteiger partial charge in [-0.15, -0.1) is 0 Å². The first-order chi connectivity index (χ1) is 7.06. The zero-order valence-electron chi connectivity index (χ0n) is 9.43. The molecule has 1 N–H and O–H groups in total. The molecule has 1 aromatic carbocycles. The second-order valence-electron chi connectivity index (χ2n) is 3.80. The number of rotatable bonds is 4. The van der Waals surface area contributed by atoms with E-state index in [1.807, 2.05) is 25.1 Å². The number of hydrogen-bond donors (Lipinski definition) is 1. The van der Waals surface area contributed by atoms with Crippen molar-refractivity contribution in [2.24, 2.45) is 0 Å². The van der Waals surface area contributed by atoms with Gasteiger partial charge in [0.05, 0.1) is 5.71 Å². The largest absolute Gasteiger partial charge is 0.300 e. The van der Waals surface area contributed by atoms with E-state index in [4.69, 9.17) is 13.3 Å². The van der Waals surface area contributed by atoms with Gasteiger partial charge in [0.1, 0.15) is 7.85 Å². The molecule has 0 amide bonds. The smallest absolute Gasteiger partial charge is 0.113 e. The van der Waals surface area contributed by atoms with Crippen LogP contribution in [-0.4, -0.2) is 13.6 Å². The summed E-state index contributed by atoms with van der Waals surface area (Å²) in [5, 5.41) is 8.01. The predicted molar refractivity (Wildman–Crippen MR) is 67.4 cm³/mol. The summed E-state index contributed by atoms with van der Waals surface area (Å²) in [6.07, 6.45) is 1.90. The van der Waals surface area contributed by atoms with E-state index in [9.17, 15) is 0 Å². The molecular weight excluding hydrogens is 181 g/mol. The Balaban J connectivity index is 2.96. The molecule has 0 saturated carbocycles. The first-order valence-corrected chi connectivity index (χ1v) is 5.19. The van der Waals surface area contributed by atoms with Gasteiger partial charge in [-0.05, 0) is 24.5 Å². The molecule has 0 aromatic heterocycles. The molecule has 0 bridgehead atoms. The lowest BCUT2D eigenvalue weighted by molar-refractivity contribution is 0.937. The Bertz CT molecular complexity index is 394. The summed E-state index contributed by atoms with van der Waals surface area (Å²) in [5.41, 5.74) is 4.14. The third-order valence-corrected chi connectivity index (χ3v) is 2.43. The average Bonchev–Trinajstić information content (AvgIpc) is 2.17. The second-order valence-corrected chi connectivity index (χ2v) is 3.80. The Morgan fingerprint density at radius 1 is 1.47 bits per heavy atom. The minimum atomic E-state index is 0.536. The highest BCUT2D eigenvalue weighted by atomic mass is 14.4. The van der Waals surface area contributed by atoms with E-state index in [1.165, 1.54) is 0 Å². The summed E-state index contributed by atoms with van der Waals surface area (Å²) < 4.78 is 0. The fourth-order valence-corrected chi connectivity index (χ4v) is 1.58. The van der Waals surface area contributed by atoms with Crippen molar-refractivity contribution < 1.29 is 0 Å². The third-order valence-electron chi connectivity index (χ3n) is 2.43. The molecule has 1 aromatic rings. The Morgan fingerprint density at radius 2 is 2.13 bits per heavy atom. The third kappa shape index (κ3) is 2.82. The van der Waals surface area contributed by atoms with Crippen LogP contribution in [0.25, 0.3) is 0 Å². The monoisotopic (exact) mass is 197 g/mol. The quantitative estimate of drug-likeness (QED) is 0.566. The molecule has 1 rings (SSSR count). The van der Waals surface area contributed by atoms with Crippen molar-refractivity contribution in [3.63, 3.8) is 0 Å². The van der Waals surface area contributed by atoms with Crippen LogP contribution in [0.1, 0.15) is 30.9 Å². The normalized spacial score (nSPS) is 10.0. The van der Waals surface area contributed by atoms with Crippen LogP contribution in [0.2, 0.25) is 0 Å². The van der Waals surface area contributed by atoms with Gasteiger partial charge >= 0.3 is 0 Å². The van der Waals surface area contributed by atoms with E-state index in [0.29, 0.717) is 5.71 Å². The molecule has 0 aliphatic heterocycles. The van der Waals surface area contributed by atoms with E-state index >= 15 is 0 Å². The molecule has 76 valence electrons. The lowest BCUT2D eigenvalue weighted by Crippen LogP contribution is -2.09. The van der Waals surface area contributed by atoms with Gasteiger partial charge in [-0.3, -0.25) is 5.41 Å². The van der Waals surface area contributed by atoms with Crippen molar-refractivity contribution in [1.29, 1.82) is 5.41 Å². The molecule has 0 spiro atoms. The summed E-state index contributed by atoms with van der Waals surface area (Å²) in [5.74, 6) is 0. The topological polar surface area (TPSA) is 23.9 Å². The zero-order valence-corrected chi connectivity index (χ0v) is 9.43. The highest BCUT2D eigenvalue weighted by molar-refractivity contribution is 6.32. The Hall–Kier alpha value is -1.31. The van der Waals surface area contributed by atoms with Gasteiger partial charge in [0.15, 0.2) is 0 Å². The van der Waals surface area contributed by atoms with Crippen LogP contribution >= 0.6 is 0 Å². The Labute approximate surface area is 93.1 Å². The van der Waals surface area contributed by atoms with E-state index in [2.05, 4.69) is 13.5 Å². The second kappa shape index (κ2) is 4.97. The number of nitrogens with one attached hydrogen (secondary N) is 1. The lowest BCUT2D eigenvalue weighted by atomic mass is 9.89. The lowest BCUT2D eigenvalue weighted by Gasteiger charge is -2.10. The predicted octanol–water partition coefficient (Wildman–Crippen LogP) is 2.51. The molecule has 2 heteroatoms. The van der Waals surface area contributed by atoms with E-state index in [1.54, 1.807) is 0 Å². The Morgan fingerprint density at radius 3 is 2.67 bits per heavy atom. The van der Waals surface area contributed by atoms with E-state index in [0.717, 1.165) is 35.0 Å². The van der Waals surface area contributed by atoms with Crippen LogP contribution in [-0.2, 0) is 0 Å². The van der Waals surface area contributed by atoms with Crippen molar-refractivity contribution in [1.82, 2.24) is 0 Å². The van der Waals surface area contributed by atoms with Crippen molar-refractivity contribution >= 4 is 19.0 Å². The maximum Gasteiger partial charge on any atom is 0.113 e. The summed E-state index contributed by atoms with van der Waals surface area (Å²) in [6, 6.07) is 5.62. The molecule has 0 aliphatic rings. The van der Waals surface area contributed by atoms with Crippen molar-refractivity contribution in [3.05, 3.63) is 41.5 Å². The molecule has 0 heterocycles. The highest BCUT2D eigenvalue weighted by Crippen LogP contribution is 2.14. The maximum absolute atomic E-state index is 8.01. The fourth-order valence-electron chi connectivity index (χ4n) is 1.58. The van der Waals surface area contributed by atoms with Gasteiger partial charge in [0.2, 0.25) is 0 Å². The molecule has 1 nitrogen and oxygen atoms in total. The van der Waals surface area contributed by atoms with Gasteiger partial charge in [0.25, 0.3) is 0 Å². The van der Waals surface area contributed by atoms with Crippen molar-refractivity contribution in [3.8, 4) is 0 Å². The van der Waals surface area contributed by atoms with Crippen LogP contribution < -0.4 is 5.46 Å². The highest BCUT2D eigenvalue weighted by Gasteiger charge is 2.07. The van der Waals surface area contributed by atoms with Crippen molar-refractivity contribution in [2.75, 3.05) is 0 Å². The number of benzene rings is 1. The molecule has 0 fully saturated rings. The van der Waals surface area contributed by atoms with Gasteiger partial charge < -0.3 is 0 Å². The molecule has 2 radical (unpaired) electrons. The summed E-state index contributed by atoms with van der Waals surface area (Å²) >= 11 is 0. The van der Waals surface area contributed by atoms with Gasteiger partial charge in [-0.2, -0.15) is 0 Å². The van der Waals surface area contributed by atoms with Crippen LogP contribution in [0.5, 0.6) is 0 Å². The zero-order chi connectivity index (χ0) is 11.4. The van der Waals surface area contributed by atoms with E-state index in [-0.39, 0.29) is 0 Å². The van der Waals surface area contributed by atoms with E-state index < -0.39 is 0 Å². The number of aryl methyl sites for hydroxylation is 1. The summed E-state index contributed by atoms with van der Waals surface area (Å²) in [6.45, 7) is 7.99. The van der Waals surface area contributed by atoms with Gasteiger partial charge in [0, 0.05) is 5.56 Å². The Kier molecular flexibility index (Phi) is 3.90. The number of hydrogen-bond acceptors (Lipinski definition) is 1. The van der Waals surface area contributed by atoms with Crippen LogP contribution in [0, 0.1) is 12.3 Å². The summed E-state index contributed by atoms with van der Waals surface area (Å²) in [7, 11) is 5.67. The average molecular weight is 197 g/mol. The van der Waals surface area contributed by atoms with Crippen LogP contribution in [0.3, 0.4) is 0 Å². The first kappa shape index (κ1) is 11.8. The van der Waals surface area contributed by atoms with Crippen molar-refractivity contribution in [2.45, 2.75) is 26.7 Å². The van der Waals surface area contributed by atoms with Crippen LogP contribution in [0.4, 0.5) is 0 Å². The minimum absolute atomic E-state index is 0.536. The standard InChI is InChI=1S/C13H16BN/c1-4-5-9(2)13(15)12-7-6-11(14)8-10(12)3/h6-8,15H,2,4-5H2,1,3H3. The summed E-state index contributed by atoms with van der Waals surface area (Å²) in [4.78, 5) is 0. The van der Waals surface area contributed by atoms with Gasteiger partial charge in [-0.1, -0.05) is 43.6 Å². The first-order valence-electron chi connectivity index (χ1n) is 5.19. The SMILES string of the molecule is [B]c1ccc(C(=N)C(=C)CCC)c(C)c1. The molecule has 0 saturated heterocycles. The maximum atomic E-state index is 8.01. The molecule has 0 atom stereocenters.